The van der Waals surface area contributed by atoms with Gasteiger partial charge in [0.1, 0.15) is 10.6 Å². The summed E-state index contributed by atoms with van der Waals surface area (Å²) in [5, 5.41) is 4.71. The molecule has 0 bridgehead atoms. The number of nitrogens with zero attached hydrogens (tertiary/aromatic N) is 3. The smallest absolute Gasteiger partial charge is 0.248 e. The zero-order valence-electron chi connectivity index (χ0n) is 13.1. The summed E-state index contributed by atoms with van der Waals surface area (Å²) in [5.41, 5.74) is 2.02. The summed E-state index contributed by atoms with van der Waals surface area (Å²) in [5.74, 6) is 0.297. The molecule has 0 spiro atoms. The van der Waals surface area contributed by atoms with Gasteiger partial charge in [-0.1, -0.05) is 29.4 Å². The van der Waals surface area contributed by atoms with Crippen LogP contribution in [0.25, 0.3) is 10.9 Å². The van der Waals surface area contributed by atoms with E-state index in [0.29, 0.717) is 11.5 Å². The first-order valence-corrected chi connectivity index (χ1v) is 8.57. The monoisotopic (exact) mass is 331 g/mol. The molecule has 6 nitrogen and oxygen atoms in total. The maximum absolute atomic E-state index is 12.8. The van der Waals surface area contributed by atoms with Crippen molar-refractivity contribution < 1.29 is 12.9 Å². The number of pyridine rings is 1. The Kier molecular flexibility index (Phi) is 3.91. The number of hydrogen-bond acceptors (Lipinski definition) is 5. The van der Waals surface area contributed by atoms with E-state index in [1.807, 2.05) is 30.3 Å². The Morgan fingerprint density at radius 2 is 1.91 bits per heavy atom. The van der Waals surface area contributed by atoms with E-state index in [1.165, 1.54) is 4.31 Å². The molecular weight excluding hydrogens is 314 g/mol. The van der Waals surface area contributed by atoms with Gasteiger partial charge >= 0.3 is 0 Å². The standard InChI is InChI=1S/C16H17N3O3S/c1-11-16(12(2)22-18-11)23(20,21)19(3)10-14-7-4-6-13-8-5-9-17-15(13)14/h4-9H,10H2,1-3H3. The largest absolute Gasteiger partial charge is 0.360 e. The number of fused-ring (bicyclic) bond motifs is 1. The predicted octanol–water partition coefficient (Wildman–Crippen LogP) is 2.66. The molecule has 0 radical (unpaired) electrons. The summed E-state index contributed by atoms with van der Waals surface area (Å²) in [6.07, 6.45) is 1.70. The van der Waals surface area contributed by atoms with Crippen molar-refractivity contribution >= 4 is 20.9 Å². The van der Waals surface area contributed by atoms with Crippen molar-refractivity contribution in [1.29, 1.82) is 0 Å². The SMILES string of the molecule is Cc1noc(C)c1S(=O)(=O)N(C)Cc1cccc2cccnc12. The highest BCUT2D eigenvalue weighted by Gasteiger charge is 2.28. The van der Waals surface area contributed by atoms with Crippen LogP contribution >= 0.6 is 0 Å². The van der Waals surface area contributed by atoms with Gasteiger partial charge in [-0.05, 0) is 25.5 Å². The molecule has 0 fully saturated rings. The van der Waals surface area contributed by atoms with Gasteiger partial charge in [-0.25, -0.2) is 8.42 Å². The lowest BCUT2D eigenvalue weighted by molar-refractivity contribution is 0.389. The first-order chi connectivity index (χ1) is 10.9. The zero-order valence-corrected chi connectivity index (χ0v) is 14.0. The van der Waals surface area contributed by atoms with Gasteiger partial charge in [0.15, 0.2) is 5.76 Å². The fourth-order valence-electron chi connectivity index (χ4n) is 2.62. The molecule has 2 heterocycles. The molecule has 3 rings (SSSR count). The Hall–Kier alpha value is -2.25. The van der Waals surface area contributed by atoms with Crippen molar-refractivity contribution in [3.05, 3.63) is 53.5 Å². The minimum atomic E-state index is -3.67. The van der Waals surface area contributed by atoms with Crippen LogP contribution in [0.15, 0.2) is 45.9 Å². The van der Waals surface area contributed by atoms with Gasteiger partial charge in [-0.3, -0.25) is 4.98 Å². The van der Waals surface area contributed by atoms with Crippen molar-refractivity contribution in [2.75, 3.05) is 7.05 Å². The van der Waals surface area contributed by atoms with E-state index in [2.05, 4.69) is 10.1 Å². The van der Waals surface area contributed by atoms with E-state index < -0.39 is 10.0 Å². The van der Waals surface area contributed by atoms with Crippen molar-refractivity contribution in [1.82, 2.24) is 14.4 Å². The molecule has 0 N–H and O–H groups in total. The third-order valence-electron chi connectivity index (χ3n) is 3.75. The molecule has 2 aromatic heterocycles. The summed E-state index contributed by atoms with van der Waals surface area (Å²) < 4.78 is 31.8. The second kappa shape index (κ2) is 5.75. The van der Waals surface area contributed by atoms with Gasteiger partial charge in [-0.15, -0.1) is 0 Å². The van der Waals surface area contributed by atoms with E-state index in [9.17, 15) is 8.42 Å². The molecule has 0 unspecified atom stereocenters. The molecule has 0 aliphatic rings. The lowest BCUT2D eigenvalue weighted by atomic mass is 10.1. The number of aromatic nitrogens is 2. The van der Waals surface area contributed by atoms with Gasteiger partial charge in [-0.2, -0.15) is 4.31 Å². The van der Waals surface area contributed by atoms with Crippen molar-refractivity contribution in [3.8, 4) is 0 Å². The normalized spacial score (nSPS) is 12.2. The van der Waals surface area contributed by atoms with E-state index in [0.717, 1.165) is 16.5 Å². The highest BCUT2D eigenvalue weighted by atomic mass is 32.2. The minimum Gasteiger partial charge on any atom is -0.360 e. The number of benzene rings is 1. The molecule has 0 saturated carbocycles. The number of para-hydroxylation sites is 1. The Morgan fingerprint density at radius 1 is 1.17 bits per heavy atom. The van der Waals surface area contributed by atoms with Crippen molar-refractivity contribution in [2.45, 2.75) is 25.3 Å². The van der Waals surface area contributed by atoms with E-state index >= 15 is 0 Å². The average Bonchev–Trinajstić information content (AvgIpc) is 2.87. The summed E-state index contributed by atoms with van der Waals surface area (Å²) >= 11 is 0. The van der Waals surface area contributed by atoms with Gasteiger partial charge in [0.2, 0.25) is 10.0 Å². The summed E-state index contributed by atoms with van der Waals surface area (Å²) in [4.78, 5) is 4.49. The molecule has 0 aliphatic heterocycles. The first kappa shape index (κ1) is 15.6. The first-order valence-electron chi connectivity index (χ1n) is 7.13. The third kappa shape index (κ3) is 2.73. The Balaban J connectivity index is 1.99. The van der Waals surface area contributed by atoms with Crippen LogP contribution in [0, 0.1) is 13.8 Å². The van der Waals surface area contributed by atoms with Crippen LogP contribution in [0.3, 0.4) is 0 Å². The number of hydrogen-bond donors (Lipinski definition) is 0. The molecule has 0 amide bonds. The molecule has 0 atom stereocenters. The maximum atomic E-state index is 12.8. The Bertz CT molecular complexity index is 939. The highest BCUT2D eigenvalue weighted by Crippen LogP contribution is 2.25. The summed E-state index contributed by atoms with van der Waals surface area (Å²) in [6.45, 7) is 3.44. The van der Waals surface area contributed by atoms with Gasteiger partial charge in [0, 0.05) is 25.2 Å². The maximum Gasteiger partial charge on any atom is 0.248 e. The fourth-order valence-corrected chi connectivity index (χ4v) is 4.05. The van der Waals surface area contributed by atoms with Crippen molar-refractivity contribution in [3.63, 3.8) is 0 Å². The second-order valence-electron chi connectivity index (χ2n) is 5.41. The summed E-state index contributed by atoms with van der Waals surface area (Å²) in [6, 6.07) is 9.55. The van der Waals surface area contributed by atoms with E-state index in [4.69, 9.17) is 4.52 Å². The lowest BCUT2D eigenvalue weighted by Crippen LogP contribution is -2.27. The van der Waals surface area contributed by atoms with Gasteiger partial charge in [0.05, 0.1) is 5.52 Å². The van der Waals surface area contributed by atoms with E-state index in [-0.39, 0.29) is 11.4 Å². The summed E-state index contributed by atoms with van der Waals surface area (Å²) in [7, 11) is -2.13. The van der Waals surface area contributed by atoms with Gasteiger partial charge in [0.25, 0.3) is 0 Å². The quantitative estimate of drug-likeness (QED) is 0.734. The van der Waals surface area contributed by atoms with Crippen LogP contribution in [-0.2, 0) is 16.6 Å². The molecule has 0 saturated heterocycles. The van der Waals surface area contributed by atoms with Crippen LogP contribution in [-0.4, -0.2) is 29.9 Å². The van der Waals surface area contributed by atoms with Crippen molar-refractivity contribution in [2.24, 2.45) is 0 Å². The van der Waals surface area contributed by atoms with Gasteiger partial charge < -0.3 is 4.52 Å². The fraction of sp³-hybridized carbons (Fsp3) is 0.250. The molecule has 3 aromatic rings. The molecule has 1 aromatic carbocycles. The van der Waals surface area contributed by atoms with Crippen LogP contribution in [0.2, 0.25) is 0 Å². The number of aryl methyl sites for hydroxylation is 2. The zero-order chi connectivity index (χ0) is 16.6. The average molecular weight is 331 g/mol. The van der Waals surface area contributed by atoms with Crippen LogP contribution in [0.1, 0.15) is 17.0 Å². The minimum absolute atomic E-state index is 0.133. The van der Waals surface area contributed by atoms with E-state index in [1.54, 1.807) is 27.1 Å². The highest BCUT2D eigenvalue weighted by molar-refractivity contribution is 7.89. The molecule has 0 aliphatic carbocycles. The lowest BCUT2D eigenvalue weighted by Gasteiger charge is -2.17. The molecular formula is C16H17N3O3S. The molecule has 23 heavy (non-hydrogen) atoms. The molecule has 120 valence electrons. The third-order valence-corrected chi connectivity index (χ3v) is 5.79. The van der Waals surface area contributed by atoms with Crippen LogP contribution in [0.5, 0.6) is 0 Å². The Morgan fingerprint density at radius 3 is 2.61 bits per heavy atom. The second-order valence-corrected chi connectivity index (χ2v) is 7.39. The number of rotatable bonds is 4. The molecule has 7 heteroatoms. The van der Waals surface area contributed by atoms with Crippen LogP contribution in [0.4, 0.5) is 0 Å². The Labute approximate surface area is 134 Å². The predicted molar refractivity (Wildman–Crippen MR) is 86.4 cm³/mol. The van der Waals surface area contributed by atoms with Crippen LogP contribution < -0.4 is 0 Å². The topological polar surface area (TPSA) is 76.3 Å². The number of sulfonamides is 1.